The van der Waals surface area contributed by atoms with E-state index < -0.39 is 0 Å². The van der Waals surface area contributed by atoms with Gasteiger partial charge in [-0.1, -0.05) is 54.6 Å². The average Bonchev–Trinajstić information content (AvgIpc) is 3.33. The molecule has 1 aromatic heterocycles. The van der Waals surface area contributed by atoms with Gasteiger partial charge < -0.3 is 24.7 Å². The van der Waals surface area contributed by atoms with Crippen molar-refractivity contribution in [2.24, 2.45) is 0 Å². The highest BCUT2D eigenvalue weighted by molar-refractivity contribution is 7.80. The second-order valence-corrected chi connectivity index (χ2v) is 9.06. The Hall–Kier alpha value is -3.84. The van der Waals surface area contributed by atoms with Gasteiger partial charge in [0.15, 0.2) is 16.6 Å². The van der Waals surface area contributed by atoms with Crippen molar-refractivity contribution < 1.29 is 9.47 Å². The monoisotopic (exact) mass is 485 g/mol. The maximum Gasteiger partial charge on any atom is 0.253 e. The molecule has 0 amide bonds. The zero-order valence-corrected chi connectivity index (χ0v) is 20.4. The summed E-state index contributed by atoms with van der Waals surface area (Å²) in [6.07, 6.45) is 0.856. The molecule has 0 unspecified atom stereocenters. The molecule has 35 heavy (non-hydrogen) atoms. The minimum atomic E-state index is -0.102. The Morgan fingerprint density at radius 1 is 0.971 bits per heavy atom. The smallest absolute Gasteiger partial charge is 0.253 e. The van der Waals surface area contributed by atoms with E-state index in [1.54, 1.807) is 0 Å². The molecule has 0 spiro atoms. The van der Waals surface area contributed by atoms with Crippen LogP contribution in [-0.2, 0) is 19.5 Å². The van der Waals surface area contributed by atoms with Crippen molar-refractivity contribution in [2.75, 3.05) is 13.3 Å². The Morgan fingerprint density at radius 3 is 2.66 bits per heavy atom. The number of thiocarbonyl (C=S) groups is 1. The van der Waals surface area contributed by atoms with E-state index in [-0.39, 0.29) is 12.4 Å². The number of pyridine rings is 1. The molecule has 2 N–H and O–H groups in total. The molecule has 5 rings (SSSR count). The molecule has 2 heterocycles. The molecule has 0 bridgehead atoms. The first-order chi connectivity index (χ1) is 17.1. The predicted octanol–water partition coefficient (Wildman–Crippen LogP) is 4.68. The largest absolute Gasteiger partial charge is 0.454 e. The number of H-pyrrole nitrogens is 1. The van der Waals surface area contributed by atoms with Crippen molar-refractivity contribution in [3.05, 3.63) is 105 Å². The number of ether oxygens (including phenoxy) is 2. The molecule has 0 fully saturated rings. The third-order valence-electron chi connectivity index (χ3n) is 6.16. The maximum atomic E-state index is 13.0. The van der Waals surface area contributed by atoms with Crippen molar-refractivity contribution in [1.29, 1.82) is 0 Å². The lowest BCUT2D eigenvalue weighted by molar-refractivity contribution is 0.174. The molecule has 0 atom stereocenters. The first-order valence-corrected chi connectivity index (χ1v) is 12.0. The number of aromatic nitrogens is 1. The highest BCUT2D eigenvalue weighted by atomic mass is 32.1. The molecular weight excluding hydrogens is 458 g/mol. The van der Waals surface area contributed by atoms with Gasteiger partial charge in [0.25, 0.3) is 5.56 Å². The lowest BCUT2D eigenvalue weighted by atomic mass is 10.1. The number of hydrogen-bond acceptors (Lipinski definition) is 4. The van der Waals surface area contributed by atoms with E-state index in [0.29, 0.717) is 30.3 Å². The van der Waals surface area contributed by atoms with E-state index >= 15 is 0 Å². The second-order valence-electron chi connectivity index (χ2n) is 8.67. The molecule has 3 aromatic carbocycles. The van der Waals surface area contributed by atoms with Gasteiger partial charge in [-0.05, 0) is 65.8 Å². The summed E-state index contributed by atoms with van der Waals surface area (Å²) in [4.78, 5) is 18.0. The van der Waals surface area contributed by atoms with Gasteiger partial charge in [-0.25, -0.2) is 0 Å². The van der Waals surface area contributed by atoms with E-state index in [0.717, 1.165) is 39.9 Å². The van der Waals surface area contributed by atoms with E-state index in [2.05, 4.69) is 22.4 Å². The zero-order valence-electron chi connectivity index (χ0n) is 19.5. The molecule has 1 aliphatic rings. The highest BCUT2D eigenvalue weighted by Gasteiger charge is 2.18. The van der Waals surface area contributed by atoms with Crippen molar-refractivity contribution in [2.45, 2.75) is 26.4 Å². The Balaban J connectivity index is 1.38. The first-order valence-electron chi connectivity index (χ1n) is 11.6. The van der Waals surface area contributed by atoms with Crippen molar-refractivity contribution >= 4 is 28.2 Å². The fourth-order valence-corrected chi connectivity index (χ4v) is 4.51. The fourth-order valence-electron chi connectivity index (χ4n) is 4.28. The third-order valence-corrected chi connectivity index (χ3v) is 6.56. The Kier molecular flexibility index (Phi) is 6.68. The van der Waals surface area contributed by atoms with E-state index in [1.165, 1.54) is 5.56 Å². The standard InChI is InChI=1S/C28H27N3O3S/c1-19-6-5-9-22-15-23(27(32)30-26(19)22)17-31(16-21-10-11-24-25(14-21)34-18-33-24)28(35)29-13-12-20-7-3-2-4-8-20/h2-11,14-15H,12-13,16-18H2,1H3,(H,29,35)(H,30,32). The summed E-state index contributed by atoms with van der Waals surface area (Å²) in [5.74, 6) is 1.47. The van der Waals surface area contributed by atoms with Crippen LogP contribution in [0.1, 0.15) is 22.3 Å². The van der Waals surface area contributed by atoms with Crippen LogP contribution in [0, 0.1) is 6.92 Å². The van der Waals surface area contributed by atoms with Gasteiger partial charge in [-0.15, -0.1) is 0 Å². The third kappa shape index (κ3) is 5.30. The van der Waals surface area contributed by atoms with Crippen LogP contribution in [0.25, 0.3) is 10.9 Å². The molecule has 178 valence electrons. The molecular formula is C28H27N3O3S. The van der Waals surface area contributed by atoms with Gasteiger partial charge in [-0.2, -0.15) is 0 Å². The fraction of sp³-hybridized carbons (Fsp3) is 0.214. The van der Waals surface area contributed by atoms with Gasteiger partial charge in [0.05, 0.1) is 12.1 Å². The van der Waals surface area contributed by atoms with Crippen LogP contribution >= 0.6 is 12.2 Å². The Bertz CT molecular complexity index is 1420. The van der Waals surface area contributed by atoms with Crippen molar-refractivity contribution in [1.82, 2.24) is 15.2 Å². The lowest BCUT2D eigenvalue weighted by Crippen LogP contribution is -2.40. The van der Waals surface area contributed by atoms with E-state index in [1.807, 2.05) is 72.5 Å². The van der Waals surface area contributed by atoms with Crippen molar-refractivity contribution in [3.8, 4) is 11.5 Å². The maximum absolute atomic E-state index is 13.0. The first kappa shape index (κ1) is 22.9. The van der Waals surface area contributed by atoms with Crippen LogP contribution in [0.4, 0.5) is 0 Å². The summed E-state index contributed by atoms with van der Waals surface area (Å²) in [6.45, 7) is 3.83. The Morgan fingerprint density at radius 2 is 1.80 bits per heavy atom. The number of benzene rings is 3. The normalized spacial score (nSPS) is 12.0. The van der Waals surface area contributed by atoms with Crippen LogP contribution in [0.3, 0.4) is 0 Å². The number of fused-ring (bicyclic) bond motifs is 2. The highest BCUT2D eigenvalue weighted by Crippen LogP contribution is 2.33. The van der Waals surface area contributed by atoms with E-state index in [9.17, 15) is 4.79 Å². The quantitative estimate of drug-likeness (QED) is 0.371. The number of para-hydroxylation sites is 1. The van der Waals surface area contributed by atoms with Gasteiger partial charge in [0.2, 0.25) is 6.79 Å². The average molecular weight is 486 g/mol. The summed E-state index contributed by atoms with van der Waals surface area (Å²) in [7, 11) is 0. The molecule has 1 aliphatic heterocycles. The van der Waals surface area contributed by atoms with Crippen LogP contribution in [0.2, 0.25) is 0 Å². The number of nitrogens with one attached hydrogen (secondary N) is 2. The van der Waals surface area contributed by atoms with Gasteiger partial charge in [-0.3, -0.25) is 4.79 Å². The van der Waals surface area contributed by atoms with Crippen LogP contribution in [0.15, 0.2) is 77.6 Å². The summed E-state index contributed by atoms with van der Waals surface area (Å²) in [6, 6.07) is 24.1. The molecule has 4 aromatic rings. The number of rotatable bonds is 7. The van der Waals surface area contributed by atoms with Crippen LogP contribution in [-0.4, -0.2) is 28.3 Å². The number of aromatic amines is 1. The van der Waals surface area contributed by atoms with Gasteiger partial charge in [0.1, 0.15) is 0 Å². The molecule has 0 saturated carbocycles. The van der Waals surface area contributed by atoms with Crippen LogP contribution < -0.4 is 20.3 Å². The summed E-state index contributed by atoms with van der Waals surface area (Å²) >= 11 is 5.80. The second kappa shape index (κ2) is 10.2. The topological polar surface area (TPSA) is 66.6 Å². The predicted molar refractivity (Wildman–Crippen MR) is 142 cm³/mol. The zero-order chi connectivity index (χ0) is 24.2. The molecule has 7 heteroatoms. The number of hydrogen-bond donors (Lipinski definition) is 2. The molecule has 6 nitrogen and oxygen atoms in total. The lowest BCUT2D eigenvalue weighted by Gasteiger charge is -2.26. The number of nitrogens with zero attached hydrogens (tertiary/aromatic N) is 1. The minimum absolute atomic E-state index is 0.102. The summed E-state index contributed by atoms with van der Waals surface area (Å²) < 4.78 is 11.0. The SMILES string of the molecule is Cc1cccc2cc(CN(Cc3ccc4c(c3)OCO4)C(=S)NCCc3ccccc3)c(=O)[nH]c12. The summed E-state index contributed by atoms with van der Waals surface area (Å²) in [5.41, 5.74) is 4.74. The van der Waals surface area contributed by atoms with Crippen molar-refractivity contribution in [3.63, 3.8) is 0 Å². The Labute approximate surface area is 209 Å². The van der Waals surface area contributed by atoms with Gasteiger partial charge >= 0.3 is 0 Å². The summed E-state index contributed by atoms with van der Waals surface area (Å²) in [5, 5.41) is 4.98. The molecule has 0 aliphatic carbocycles. The van der Waals surface area contributed by atoms with Gasteiger partial charge in [0, 0.05) is 18.7 Å². The number of aryl methyl sites for hydroxylation is 1. The molecule has 0 saturated heterocycles. The minimum Gasteiger partial charge on any atom is -0.454 e. The van der Waals surface area contributed by atoms with Crippen LogP contribution in [0.5, 0.6) is 11.5 Å². The molecule has 0 radical (unpaired) electrons. The van der Waals surface area contributed by atoms with E-state index in [4.69, 9.17) is 21.7 Å².